The Morgan fingerprint density at radius 1 is 1.00 bits per heavy atom. The molecule has 1 rings (SSSR count). The Morgan fingerprint density at radius 3 is 2.25 bits per heavy atom. The SMILES string of the molecule is CN=C(NCCCCc1ccc(OC)cc1)NCCNC(C)(C)C. The molecule has 0 aromatic heterocycles. The summed E-state index contributed by atoms with van der Waals surface area (Å²) in [5.41, 5.74) is 1.51. The van der Waals surface area contributed by atoms with Crippen molar-refractivity contribution in [2.75, 3.05) is 33.8 Å². The lowest BCUT2D eigenvalue weighted by molar-refractivity contribution is 0.414. The van der Waals surface area contributed by atoms with E-state index in [-0.39, 0.29) is 5.54 Å². The van der Waals surface area contributed by atoms with Crippen molar-refractivity contribution in [2.24, 2.45) is 4.99 Å². The number of aryl methyl sites for hydroxylation is 1. The Bertz CT molecular complexity index is 477. The van der Waals surface area contributed by atoms with E-state index >= 15 is 0 Å². The molecule has 1 aromatic carbocycles. The predicted molar refractivity (Wildman–Crippen MR) is 103 cm³/mol. The van der Waals surface area contributed by atoms with Gasteiger partial charge in [-0.3, -0.25) is 4.99 Å². The van der Waals surface area contributed by atoms with E-state index in [1.807, 2.05) is 19.2 Å². The number of aliphatic imine (C=N–C) groups is 1. The first-order valence-corrected chi connectivity index (χ1v) is 8.77. The fourth-order valence-corrected chi connectivity index (χ4v) is 2.29. The quantitative estimate of drug-likeness (QED) is 0.369. The van der Waals surface area contributed by atoms with Gasteiger partial charge in [-0.2, -0.15) is 0 Å². The summed E-state index contributed by atoms with van der Waals surface area (Å²) in [7, 11) is 3.50. The second-order valence-corrected chi connectivity index (χ2v) is 6.91. The number of hydrogen-bond donors (Lipinski definition) is 3. The molecule has 0 radical (unpaired) electrons. The third-order valence-electron chi connectivity index (χ3n) is 3.64. The molecule has 0 bridgehead atoms. The lowest BCUT2D eigenvalue weighted by atomic mass is 10.1. The van der Waals surface area contributed by atoms with Crippen LogP contribution in [0.25, 0.3) is 0 Å². The van der Waals surface area contributed by atoms with E-state index in [1.54, 1.807) is 7.11 Å². The van der Waals surface area contributed by atoms with E-state index in [2.05, 4.69) is 53.8 Å². The molecule has 0 atom stereocenters. The Balaban J connectivity index is 2.11. The zero-order valence-corrected chi connectivity index (χ0v) is 15.9. The molecule has 3 N–H and O–H groups in total. The molecular formula is C19H34N4O. The molecule has 0 unspecified atom stereocenters. The van der Waals surface area contributed by atoms with Crippen molar-refractivity contribution in [3.05, 3.63) is 29.8 Å². The number of benzene rings is 1. The topological polar surface area (TPSA) is 57.7 Å². The highest BCUT2D eigenvalue weighted by atomic mass is 16.5. The van der Waals surface area contributed by atoms with Gasteiger partial charge in [0, 0.05) is 32.2 Å². The number of hydrogen-bond acceptors (Lipinski definition) is 3. The van der Waals surface area contributed by atoms with Gasteiger partial charge in [0.1, 0.15) is 5.75 Å². The van der Waals surface area contributed by atoms with Crippen LogP contribution in [0.4, 0.5) is 0 Å². The lowest BCUT2D eigenvalue weighted by Crippen LogP contribution is -2.44. The van der Waals surface area contributed by atoms with Gasteiger partial charge in [-0.25, -0.2) is 0 Å². The van der Waals surface area contributed by atoms with Crippen LogP contribution < -0.4 is 20.7 Å². The molecule has 0 aliphatic heterocycles. The lowest BCUT2D eigenvalue weighted by Gasteiger charge is -2.21. The minimum absolute atomic E-state index is 0.153. The molecule has 0 heterocycles. The fraction of sp³-hybridized carbons (Fsp3) is 0.632. The van der Waals surface area contributed by atoms with E-state index in [4.69, 9.17) is 4.74 Å². The second kappa shape index (κ2) is 10.9. The maximum atomic E-state index is 5.18. The molecule has 0 saturated heterocycles. The number of nitrogens with zero attached hydrogens (tertiary/aromatic N) is 1. The van der Waals surface area contributed by atoms with E-state index in [0.29, 0.717) is 0 Å². The van der Waals surface area contributed by atoms with Crippen LogP contribution in [0, 0.1) is 0 Å². The van der Waals surface area contributed by atoms with E-state index in [9.17, 15) is 0 Å². The fourth-order valence-electron chi connectivity index (χ4n) is 2.29. The average Bonchev–Trinajstić information content (AvgIpc) is 2.56. The smallest absolute Gasteiger partial charge is 0.191 e. The van der Waals surface area contributed by atoms with Crippen molar-refractivity contribution in [1.29, 1.82) is 0 Å². The van der Waals surface area contributed by atoms with Crippen molar-refractivity contribution in [2.45, 2.75) is 45.6 Å². The van der Waals surface area contributed by atoms with Gasteiger partial charge in [-0.05, 0) is 57.7 Å². The highest BCUT2D eigenvalue weighted by Gasteiger charge is 2.07. The van der Waals surface area contributed by atoms with Gasteiger partial charge in [-0.1, -0.05) is 12.1 Å². The third-order valence-corrected chi connectivity index (χ3v) is 3.64. The van der Waals surface area contributed by atoms with Crippen LogP contribution in [-0.2, 0) is 6.42 Å². The third kappa shape index (κ3) is 9.40. The minimum atomic E-state index is 0.153. The van der Waals surface area contributed by atoms with E-state index in [0.717, 1.165) is 50.6 Å². The second-order valence-electron chi connectivity index (χ2n) is 6.91. The summed E-state index contributed by atoms with van der Waals surface area (Å²) in [4.78, 5) is 4.25. The van der Waals surface area contributed by atoms with Crippen molar-refractivity contribution in [3.8, 4) is 5.75 Å². The summed E-state index contributed by atoms with van der Waals surface area (Å²) in [6, 6.07) is 8.31. The molecule has 0 saturated carbocycles. The first-order valence-electron chi connectivity index (χ1n) is 8.77. The number of methoxy groups -OCH3 is 1. The summed E-state index contributed by atoms with van der Waals surface area (Å²) in [6.45, 7) is 9.22. The van der Waals surface area contributed by atoms with Crippen LogP contribution in [0.5, 0.6) is 5.75 Å². The molecule has 0 fully saturated rings. The van der Waals surface area contributed by atoms with Crippen LogP contribution in [0.3, 0.4) is 0 Å². The van der Waals surface area contributed by atoms with Gasteiger partial charge in [-0.15, -0.1) is 0 Å². The van der Waals surface area contributed by atoms with Crippen molar-refractivity contribution < 1.29 is 4.74 Å². The number of rotatable bonds is 9. The molecular weight excluding hydrogens is 300 g/mol. The predicted octanol–water partition coefficient (Wildman–Crippen LogP) is 2.57. The highest BCUT2D eigenvalue weighted by Crippen LogP contribution is 2.12. The minimum Gasteiger partial charge on any atom is -0.497 e. The maximum absolute atomic E-state index is 5.18. The first-order chi connectivity index (χ1) is 11.4. The van der Waals surface area contributed by atoms with E-state index < -0.39 is 0 Å². The molecule has 24 heavy (non-hydrogen) atoms. The van der Waals surface area contributed by atoms with Crippen molar-refractivity contribution in [3.63, 3.8) is 0 Å². The van der Waals surface area contributed by atoms with Gasteiger partial charge in [0.25, 0.3) is 0 Å². The Hall–Kier alpha value is -1.75. The largest absolute Gasteiger partial charge is 0.497 e. The first kappa shape index (κ1) is 20.3. The monoisotopic (exact) mass is 334 g/mol. The van der Waals surface area contributed by atoms with Crippen molar-refractivity contribution in [1.82, 2.24) is 16.0 Å². The molecule has 136 valence electrons. The summed E-state index contributed by atoms with van der Waals surface area (Å²) in [5.74, 6) is 1.78. The van der Waals surface area contributed by atoms with Gasteiger partial charge in [0.2, 0.25) is 0 Å². The number of ether oxygens (including phenoxy) is 1. The number of guanidine groups is 1. The normalized spacial score (nSPS) is 12.1. The Kier molecular flexibility index (Phi) is 9.23. The summed E-state index contributed by atoms with van der Waals surface area (Å²) >= 11 is 0. The Morgan fingerprint density at radius 2 is 1.67 bits per heavy atom. The number of unbranched alkanes of at least 4 members (excludes halogenated alkanes) is 1. The van der Waals surface area contributed by atoms with Gasteiger partial charge < -0.3 is 20.7 Å². The van der Waals surface area contributed by atoms with Gasteiger partial charge in [0.15, 0.2) is 5.96 Å². The molecule has 0 spiro atoms. The zero-order valence-electron chi connectivity index (χ0n) is 15.9. The average molecular weight is 335 g/mol. The van der Waals surface area contributed by atoms with Gasteiger partial charge >= 0.3 is 0 Å². The highest BCUT2D eigenvalue weighted by molar-refractivity contribution is 5.79. The van der Waals surface area contributed by atoms with E-state index in [1.165, 1.54) is 5.56 Å². The zero-order chi connectivity index (χ0) is 17.8. The number of nitrogens with one attached hydrogen (secondary N) is 3. The molecule has 5 nitrogen and oxygen atoms in total. The maximum Gasteiger partial charge on any atom is 0.191 e. The molecule has 0 amide bonds. The Labute approximate surface area is 147 Å². The van der Waals surface area contributed by atoms with Crippen LogP contribution in [0.15, 0.2) is 29.3 Å². The summed E-state index contributed by atoms with van der Waals surface area (Å²) in [5, 5.41) is 10.1. The van der Waals surface area contributed by atoms with Gasteiger partial charge in [0.05, 0.1) is 7.11 Å². The van der Waals surface area contributed by atoms with Crippen LogP contribution in [0.2, 0.25) is 0 Å². The summed E-state index contributed by atoms with van der Waals surface area (Å²) < 4.78 is 5.18. The molecule has 0 aliphatic carbocycles. The van der Waals surface area contributed by atoms with Crippen molar-refractivity contribution >= 4 is 5.96 Å². The summed E-state index contributed by atoms with van der Waals surface area (Å²) in [6.07, 6.45) is 3.36. The van der Waals surface area contributed by atoms with Crippen LogP contribution >= 0.6 is 0 Å². The molecule has 1 aromatic rings. The standard InChI is InChI=1S/C19H34N4O/c1-19(2,3)23-15-14-22-18(20-4)21-13-7-6-8-16-9-11-17(24-5)12-10-16/h9-12,23H,6-8,13-15H2,1-5H3,(H2,20,21,22). The molecule has 0 aliphatic rings. The molecule has 5 heteroatoms. The van der Waals surface area contributed by atoms with Crippen LogP contribution in [-0.4, -0.2) is 45.3 Å². The van der Waals surface area contributed by atoms with Crippen LogP contribution in [0.1, 0.15) is 39.2 Å².